The topological polar surface area (TPSA) is 83.7 Å². The summed E-state index contributed by atoms with van der Waals surface area (Å²) in [5.74, 6) is -1.03. The van der Waals surface area contributed by atoms with Crippen LogP contribution in [0.2, 0.25) is 5.02 Å². The third-order valence-corrected chi connectivity index (χ3v) is 3.23. The fourth-order valence-corrected chi connectivity index (χ4v) is 2.05. The molecule has 0 aliphatic rings. The largest absolute Gasteiger partial charge is 0.478 e. The molecule has 0 saturated carbocycles. The van der Waals surface area contributed by atoms with Gasteiger partial charge in [-0.05, 0) is 36.4 Å². The third kappa shape index (κ3) is 3.11. The van der Waals surface area contributed by atoms with Gasteiger partial charge in [0.2, 0.25) is 0 Å². The first-order valence-electron chi connectivity index (χ1n) is 5.91. The van der Waals surface area contributed by atoms with Crippen LogP contribution in [0.3, 0.4) is 0 Å². The molecule has 0 amide bonds. The van der Waals surface area contributed by atoms with Crippen LogP contribution in [-0.4, -0.2) is 23.0 Å². The predicted octanol–water partition coefficient (Wildman–Crippen LogP) is 3.71. The first-order chi connectivity index (χ1) is 9.90. The first kappa shape index (κ1) is 14.8. The van der Waals surface area contributed by atoms with E-state index in [0.717, 1.165) is 0 Å². The Bertz CT molecular complexity index is 701. The Labute approximate surface area is 125 Å². The molecule has 7 heteroatoms. The number of nitrogens with zero attached hydrogens (tertiary/aromatic N) is 2. The lowest BCUT2D eigenvalue weighted by Crippen LogP contribution is -2.11. The van der Waals surface area contributed by atoms with E-state index in [1.54, 1.807) is 24.1 Å². The van der Waals surface area contributed by atoms with Crippen molar-refractivity contribution in [3.8, 4) is 0 Å². The molecule has 21 heavy (non-hydrogen) atoms. The number of benzene rings is 2. The second kappa shape index (κ2) is 5.80. The lowest BCUT2D eigenvalue weighted by Gasteiger charge is -2.19. The molecule has 0 aliphatic carbocycles. The van der Waals surface area contributed by atoms with Crippen LogP contribution < -0.4 is 4.90 Å². The minimum Gasteiger partial charge on any atom is -0.478 e. The normalized spacial score (nSPS) is 10.2. The monoisotopic (exact) mass is 306 g/mol. The zero-order chi connectivity index (χ0) is 15.6. The summed E-state index contributed by atoms with van der Waals surface area (Å²) in [6, 6.07) is 10.3. The Morgan fingerprint density at radius 2 is 1.86 bits per heavy atom. The first-order valence-corrected chi connectivity index (χ1v) is 6.29. The summed E-state index contributed by atoms with van der Waals surface area (Å²) in [6.45, 7) is 0. The SMILES string of the molecule is CN(c1ccc(C(=O)O)cc1)c1cc(Cl)ccc1[N+](=O)[O-]. The molecule has 108 valence electrons. The Morgan fingerprint density at radius 1 is 1.24 bits per heavy atom. The van der Waals surface area contributed by atoms with Gasteiger partial charge in [-0.2, -0.15) is 0 Å². The van der Waals surface area contributed by atoms with Crippen LogP contribution in [0.4, 0.5) is 17.1 Å². The van der Waals surface area contributed by atoms with Gasteiger partial charge in [0, 0.05) is 23.8 Å². The number of carbonyl (C=O) groups is 1. The van der Waals surface area contributed by atoms with Crippen molar-refractivity contribution in [2.24, 2.45) is 0 Å². The minimum atomic E-state index is -1.03. The van der Waals surface area contributed by atoms with Gasteiger partial charge in [0.1, 0.15) is 5.69 Å². The maximum absolute atomic E-state index is 11.1. The van der Waals surface area contributed by atoms with Gasteiger partial charge in [-0.1, -0.05) is 11.6 Å². The second-order valence-electron chi connectivity index (χ2n) is 4.30. The lowest BCUT2D eigenvalue weighted by atomic mass is 10.2. The van der Waals surface area contributed by atoms with Crippen molar-refractivity contribution in [2.45, 2.75) is 0 Å². The molecule has 2 rings (SSSR count). The van der Waals surface area contributed by atoms with Gasteiger partial charge in [0.05, 0.1) is 10.5 Å². The van der Waals surface area contributed by atoms with Crippen molar-refractivity contribution >= 4 is 34.6 Å². The van der Waals surface area contributed by atoms with Crippen LogP contribution in [0.1, 0.15) is 10.4 Å². The standard InChI is InChI=1S/C14H11ClN2O4/c1-16(11-5-2-9(3-6-11)14(18)19)13-8-10(15)4-7-12(13)17(20)21/h2-8H,1H3,(H,18,19). The molecule has 0 fully saturated rings. The van der Waals surface area contributed by atoms with Crippen LogP contribution in [0.5, 0.6) is 0 Å². The number of rotatable bonds is 4. The smallest absolute Gasteiger partial charge is 0.335 e. The minimum absolute atomic E-state index is 0.0794. The van der Waals surface area contributed by atoms with Gasteiger partial charge in [-0.15, -0.1) is 0 Å². The number of aromatic carboxylic acids is 1. The lowest BCUT2D eigenvalue weighted by molar-refractivity contribution is -0.384. The molecular formula is C14H11ClN2O4. The molecule has 6 nitrogen and oxygen atoms in total. The molecule has 0 aliphatic heterocycles. The van der Waals surface area contributed by atoms with Crippen LogP contribution in [-0.2, 0) is 0 Å². The third-order valence-electron chi connectivity index (χ3n) is 3.00. The molecule has 0 aromatic heterocycles. The van der Waals surface area contributed by atoms with E-state index in [9.17, 15) is 14.9 Å². The quantitative estimate of drug-likeness (QED) is 0.687. The van der Waals surface area contributed by atoms with Crippen LogP contribution in [0, 0.1) is 10.1 Å². The molecule has 0 bridgehead atoms. The van der Waals surface area contributed by atoms with Gasteiger partial charge in [0.15, 0.2) is 0 Å². The van der Waals surface area contributed by atoms with Crippen molar-refractivity contribution in [2.75, 3.05) is 11.9 Å². The summed E-state index contributed by atoms with van der Waals surface area (Å²) in [6.07, 6.45) is 0. The maximum atomic E-state index is 11.1. The van der Waals surface area contributed by atoms with Crippen LogP contribution in [0.15, 0.2) is 42.5 Å². The molecule has 0 atom stereocenters. The fraction of sp³-hybridized carbons (Fsp3) is 0.0714. The summed E-state index contributed by atoms with van der Waals surface area (Å²) < 4.78 is 0. The van der Waals surface area contributed by atoms with E-state index < -0.39 is 10.9 Å². The van der Waals surface area contributed by atoms with Gasteiger partial charge in [-0.25, -0.2) is 4.79 Å². The average Bonchev–Trinajstić information content (AvgIpc) is 2.46. The van der Waals surface area contributed by atoms with E-state index in [1.807, 2.05) is 0 Å². The Kier molecular flexibility index (Phi) is 4.09. The summed E-state index contributed by atoms with van der Waals surface area (Å²) >= 11 is 5.89. The number of nitro groups is 1. The number of carboxylic acids is 1. The van der Waals surface area contributed by atoms with Gasteiger partial charge < -0.3 is 10.0 Å². The van der Waals surface area contributed by atoms with E-state index in [-0.39, 0.29) is 11.3 Å². The average molecular weight is 307 g/mol. The van der Waals surface area contributed by atoms with E-state index in [2.05, 4.69) is 0 Å². The molecular weight excluding hydrogens is 296 g/mol. The van der Waals surface area contributed by atoms with E-state index >= 15 is 0 Å². The highest BCUT2D eigenvalue weighted by Gasteiger charge is 2.18. The van der Waals surface area contributed by atoms with E-state index in [1.165, 1.54) is 30.3 Å². The van der Waals surface area contributed by atoms with Crippen molar-refractivity contribution in [3.63, 3.8) is 0 Å². The van der Waals surface area contributed by atoms with E-state index in [0.29, 0.717) is 16.4 Å². The Balaban J connectivity index is 2.44. The van der Waals surface area contributed by atoms with Crippen molar-refractivity contribution in [3.05, 3.63) is 63.2 Å². The van der Waals surface area contributed by atoms with E-state index in [4.69, 9.17) is 16.7 Å². The van der Waals surface area contributed by atoms with Crippen LogP contribution in [0.25, 0.3) is 0 Å². The number of nitro benzene ring substituents is 1. The van der Waals surface area contributed by atoms with Gasteiger partial charge in [0.25, 0.3) is 5.69 Å². The zero-order valence-corrected chi connectivity index (χ0v) is 11.7. The highest BCUT2D eigenvalue weighted by Crippen LogP contribution is 2.34. The van der Waals surface area contributed by atoms with Crippen molar-refractivity contribution in [1.29, 1.82) is 0 Å². The number of hydrogen-bond donors (Lipinski definition) is 1. The van der Waals surface area contributed by atoms with Crippen molar-refractivity contribution < 1.29 is 14.8 Å². The molecule has 0 saturated heterocycles. The number of anilines is 2. The maximum Gasteiger partial charge on any atom is 0.335 e. The Hall–Kier alpha value is -2.60. The van der Waals surface area contributed by atoms with Crippen LogP contribution >= 0.6 is 11.6 Å². The molecule has 1 N–H and O–H groups in total. The molecule has 2 aromatic carbocycles. The second-order valence-corrected chi connectivity index (χ2v) is 4.74. The van der Waals surface area contributed by atoms with Gasteiger partial charge in [-0.3, -0.25) is 10.1 Å². The fourth-order valence-electron chi connectivity index (χ4n) is 1.89. The highest BCUT2D eigenvalue weighted by molar-refractivity contribution is 6.31. The molecule has 0 unspecified atom stereocenters. The summed E-state index contributed by atoms with van der Waals surface area (Å²) in [7, 11) is 1.65. The van der Waals surface area contributed by atoms with Crippen molar-refractivity contribution in [1.82, 2.24) is 0 Å². The summed E-state index contributed by atoms with van der Waals surface area (Å²) in [5.41, 5.74) is 1.01. The summed E-state index contributed by atoms with van der Waals surface area (Å²) in [4.78, 5) is 23.0. The molecule has 2 aromatic rings. The number of hydrogen-bond acceptors (Lipinski definition) is 4. The summed E-state index contributed by atoms with van der Waals surface area (Å²) in [5, 5.41) is 20.3. The number of halogens is 1. The number of carboxylic acid groups (broad SMARTS) is 1. The molecule has 0 radical (unpaired) electrons. The zero-order valence-electron chi connectivity index (χ0n) is 11.0. The van der Waals surface area contributed by atoms with Gasteiger partial charge >= 0.3 is 5.97 Å². The highest BCUT2D eigenvalue weighted by atomic mass is 35.5. The predicted molar refractivity (Wildman–Crippen MR) is 79.6 cm³/mol. The molecule has 0 spiro atoms. The molecule has 0 heterocycles. The Morgan fingerprint density at radius 3 is 2.38 bits per heavy atom.